The van der Waals surface area contributed by atoms with Gasteiger partial charge < -0.3 is 19.8 Å². The number of aliphatic hydroxyl groups is 2. The van der Waals surface area contributed by atoms with E-state index in [-0.39, 0.29) is 24.5 Å². The van der Waals surface area contributed by atoms with Crippen molar-refractivity contribution in [2.24, 2.45) is 0 Å². The van der Waals surface area contributed by atoms with Crippen molar-refractivity contribution >= 4 is 17.4 Å². The number of rotatable bonds is 5. The zero-order valence-corrected chi connectivity index (χ0v) is 14.1. The van der Waals surface area contributed by atoms with Crippen molar-refractivity contribution in [2.45, 2.75) is 6.04 Å². The molecule has 2 aromatic rings. The number of amides is 1. The molecule has 134 valence electrons. The number of hydrogen-bond donors (Lipinski definition) is 2. The minimum Gasteiger partial charge on any atom is -0.507 e. The number of aromatic nitrogens is 1. The number of carbonyl (C=O) groups excluding carboxylic acids is 2. The second-order valence-electron chi connectivity index (χ2n) is 5.73. The summed E-state index contributed by atoms with van der Waals surface area (Å²) >= 11 is 0. The van der Waals surface area contributed by atoms with Crippen molar-refractivity contribution in [3.8, 4) is 5.75 Å². The van der Waals surface area contributed by atoms with Gasteiger partial charge >= 0.3 is 0 Å². The van der Waals surface area contributed by atoms with Crippen LogP contribution in [0.3, 0.4) is 0 Å². The fourth-order valence-corrected chi connectivity index (χ4v) is 3.01. The number of hydrogen-bond acceptors (Lipinski definition) is 6. The summed E-state index contributed by atoms with van der Waals surface area (Å²) in [5.74, 6) is -1.23. The maximum absolute atomic E-state index is 12.6. The van der Waals surface area contributed by atoms with Gasteiger partial charge in [0.15, 0.2) is 0 Å². The van der Waals surface area contributed by atoms with Crippen molar-refractivity contribution in [1.82, 2.24) is 9.88 Å². The van der Waals surface area contributed by atoms with Crippen LogP contribution in [-0.2, 0) is 9.59 Å². The molecule has 1 aliphatic rings. The summed E-state index contributed by atoms with van der Waals surface area (Å²) in [5.41, 5.74) is 0.943. The van der Waals surface area contributed by atoms with Crippen LogP contribution < -0.4 is 4.74 Å². The smallest absolute Gasteiger partial charge is 0.295 e. The average molecular weight is 354 g/mol. The van der Waals surface area contributed by atoms with Crippen LogP contribution in [0, 0.1) is 0 Å². The molecule has 7 heteroatoms. The second kappa shape index (κ2) is 7.37. The Morgan fingerprint density at radius 2 is 1.96 bits per heavy atom. The van der Waals surface area contributed by atoms with Gasteiger partial charge in [0, 0.05) is 24.5 Å². The normalized spacial score (nSPS) is 19.0. The first kappa shape index (κ1) is 17.6. The van der Waals surface area contributed by atoms with E-state index < -0.39 is 17.7 Å². The summed E-state index contributed by atoms with van der Waals surface area (Å²) < 4.78 is 5.09. The summed E-state index contributed by atoms with van der Waals surface area (Å²) in [6, 6.07) is 9.10. The number of benzene rings is 1. The van der Waals surface area contributed by atoms with Gasteiger partial charge in [0.25, 0.3) is 11.7 Å². The standard InChI is InChI=1S/C19H18N2O5/c1-26-14-6-4-12(5-7-14)17(23)15-16(13-3-2-8-20-11-13)21(9-10-22)19(25)18(15)24/h2-8,11,16,22-23H,9-10H2,1H3/b17-15+/t16-/m0/s1. The first-order valence-electron chi connectivity index (χ1n) is 8.02. The zero-order chi connectivity index (χ0) is 18.7. The molecule has 1 fully saturated rings. The quantitative estimate of drug-likeness (QED) is 0.480. The highest BCUT2D eigenvalue weighted by Crippen LogP contribution is 2.38. The molecule has 1 atom stereocenters. The molecule has 2 N–H and O–H groups in total. The molecule has 0 bridgehead atoms. The Hall–Kier alpha value is -3.19. The van der Waals surface area contributed by atoms with E-state index in [1.165, 1.54) is 18.2 Å². The topological polar surface area (TPSA) is 100.0 Å². The summed E-state index contributed by atoms with van der Waals surface area (Å²) in [6.45, 7) is -0.324. The van der Waals surface area contributed by atoms with Crippen LogP contribution in [0.4, 0.5) is 0 Å². The molecule has 0 spiro atoms. The Morgan fingerprint density at radius 3 is 2.54 bits per heavy atom. The number of ketones is 1. The van der Waals surface area contributed by atoms with Gasteiger partial charge in [0.1, 0.15) is 11.5 Å². The van der Waals surface area contributed by atoms with E-state index >= 15 is 0 Å². The Kier molecular flexibility index (Phi) is 4.99. The Labute approximate surface area is 150 Å². The first-order chi connectivity index (χ1) is 12.6. The first-order valence-corrected chi connectivity index (χ1v) is 8.02. The van der Waals surface area contributed by atoms with Crippen molar-refractivity contribution in [1.29, 1.82) is 0 Å². The SMILES string of the molecule is COc1ccc(/C(O)=C2\C(=O)C(=O)N(CCO)[C@H]2c2cccnc2)cc1. The molecule has 26 heavy (non-hydrogen) atoms. The molecule has 0 radical (unpaired) electrons. The molecule has 0 unspecified atom stereocenters. The summed E-state index contributed by atoms with van der Waals surface area (Å²) in [4.78, 5) is 30.3. The highest BCUT2D eigenvalue weighted by Gasteiger charge is 2.45. The lowest BCUT2D eigenvalue weighted by molar-refractivity contribution is -0.140. The van der Waals surface area contributed by atoms with Crippen LogP contribution in [-0.4, -0.2) is 52.0 Å². The molecule has 3 rings (SSSR count). The molecule has 2 heterocycles. The molecule has 0 aliphatic carbocycles. The number of aliphatic hydroxyl groups excluding tert-OH is 2. The van der Waals surface area contributed by atoms with Crippen molar-refractivity contribution in [3.05, 3.63) is 65.5 Å². The largest absolute Gasteiger partial charge is 0.507 e. The van der Waals surface area contributed by atoms with Crippen LogP contribution in [0.25, 0.3) is 5.76 Å². The average Bonchev–Trinajstić information content (AvgIpc) is 2.93. The van der Waals surface area contributed by atoms with Crippen molar-refractivity contribution < 1.29 is 24.5 Å². The minimum absolute atomic E-state index is 0.0243. The number of carbonyl (C=O) groups is 2. The number of ether oxygens (including phenoxy) is 1. The molecular weight excluding hydrogens is 336 g/mol. The third-order valence-corrected chi connectivity index (χ3v) is 4.24. The van der Waals surface area contributed by atoms with Crippen LogP contribution in [0.1, 0.15) is 17.2 Å². The van der Waals surface area contributed by atoms with Crippen LogP contribution >= 0.6 is 0 Å². The van der Waals surface area contributed by atoms with Gasteiger partial charge in [-0.2, -0.15) is 0 Å². The number of Topliss-reactive ketones (excluding diaryl/α,β-unsaturated/α-hetero) is 1. The van der Waals surface area contributed by atoms with E-state index in [4.69, 9.17) is 4.74 Å². The van der Waals surface area contributed by atoms with Gasteiger partial charge in [-0.1, -0.05) is 6.07 Å². The molecule has 1 saturated heterocycles. The molecular formula is C19H18N2O5. The predicted octanol–water partition coefficient (Wildman–Crippen LogP) is 1.50. The maximum Gasteiger partial charge on any atom is 0.295 e. The monoisotopic (exact) mass is 354 g/mol. The third-order valence-electron chi connectivity index (χ3n) is 4.24. The fraction of sp³-hybridized carbons (Fsp3) is 0.211. The lowest BCUT2D eigenvalue weighted by atomic mass is 9.96. The fourth-order valence-electron chi connectivity index (χ4n) is 3.01. The van der Waals surface area contributed by atoms with E-state index in [1.54, 1.807) is 42.6 Å². The van der Waals surface area contributed by atoms with Crippen molar-refractivity contribution in [2.75, 3.05) is 20.3 Å². The molecule has 1 aromatic carbocycles. The zero-order valence-electron chi connectivity index (χ0n) is 14.1. The highest BCUT2D eigenvalue weighted by molar-refractivity contribution is 6.46. The van der Waals surface area contributed by atoms with Gasteiger partial charge in [0.05, 0.1) is 25.3 Å². The Balaban J connectivity index is 2.14. The van der Waals surface area contributed by atoms with Crippen molar-refractivity contribution in [3.63, 3.8) is 0 Å². The van der Waals surface area contributed by atoms with Crippen LogP contribution in [0.5, 0.6) is 5.75 Å². The number of nitrogens with zero attached hydrogens (tertiary/aromatic N) is 2. The van der Waals surface area contributed by atoms with E-state index in [0.717, 1.165) is 0 Å². The maximum atomic E-state index is 12.6. The number of β-amino-alcohol motifs (C(OH)–C–C–N with tert-alkyl or cyclic N) is 1. The van der Waals surface area contributed by atoms with Gasteiger partial charge in [0.2, 0.25) is 0 Å². The number of methoxy groups -OCH3 is 1. The van der Waals surface area contributed by atoms with Crippen LogP contribution in [0.2, 0.25) is 0 Å². The lowest BCUT2D eigenvalue weighted by Gasteiger charge is -2.24. The lowest BCUT2D eigenvalue weighted by Crippen LogP contribution is -2.32. The second-order valence-corrected chi connectivity index (χ2v) is 5.73. The Bertz CT molecular complexity index is 846. The van der Waals surface area contributed by atoms with E-state index in [2.05, 4.69) is 4.98 Å². The predicted molar refractivity (Wildman–Crippen MR) is 93.3 cm³/mol. The van der Waals surface area contributed by atoms with E-state index in [0.29, 0.717) is 16.9 Å². The highest BCUT2D eigenvalue weighted by atomic mass is 16.5. The molecule has 1 amide bonds. The number of pyridine rings is 1. The van der Waals surface area contributed by atoms with Crippen LogP contribution in [0.15, 0.2) is 54.4 Å². The third kappa shape index (κ3) is 3.04. The van der Waals surface area contributed by atoms with E-state index in [1.807, 2.05) is 0 Å². The van der Waals surface area contributed by atoms with Gasteiger partial charge in [-0.05, 0) is 35.9 Å². The van der Waals surface area contributed by atoms with Gasteiger partial charge in [-0.3, -0.25) is 14.6 Å². The molecule has 0 saturated carbocycles. The summed E-state index contributed by atoms with van der Waals surface area (Å²) in [5, 5.41) is 20.0. The van der Waals surface area contributed by atoms with Gasteiger partial charge in [-0.25, -0.2) is 0 Å². The molecule has 7 nitrogen and oxygen atoms in total. The van der Waals surface area contributed by atoms with E-state index in [9.17, 15) is 19.8 Å². The minimum atomic E-state index is -0.807. The Morgan fingerprint density at radius 1 is 1.23 bits per heavy atom. The summed E-state index contributed by atoms with van der Waals surface area (Å²) in [7, 11) is 1.53. The van der Waals surface area contributed by atoms with Gasteiger partial charge in [-0.15, -0.1) is 0 Å². The molecule has 1 aromatic heterocycles. The summed E-state index contributed by atoms with van der Waals surface area (Å²) in [6.07, 6.45) is 3.10. The number of likely N-dealkylation sites (tertiary alicyclic amines) is 1. The molecule has 1 aliphatic heterocycles.